The lowest BCUT2D eigenvalue weighted by atomic mass is 10.4. The van der Waals surface area contributed by atoms with Crippen molar-refractivity contribution in [2.24, 2.45) is 5.90 Å². The molecule has 0 aliphatic heterocycles. The molecule has 0 fully saturated rings. The Bertz CT molecular complexity index is 209. The van der Waals surface area contributed by atoms with Gasteiger partial charge in [0.1, 0.15) is 5.82 Å². The van der Waals surface area contributed by atoms with E-state index in [-0.39, 0.29) is 0 Å². The van der Waals surface area contributed by atoms with Crippen LogP contribution >= 0.6 is 0 Å². The summed E-state index contributed by atoms with van der Waals surface area (Å²) in [6, 6.07) is 0. The summed E-state index contributed by atoms with van der Waals surface area (Å²) in [5.74, 6) is 5.97. The maximum Gasteiger partial charge on any atom is 0.108 e. The van der Waals surface area contributed by atoms with Gasteiger partial charge in [0.15, 0.2) is 0 Å². The minimum atomic E-state index is 0.531. The molecule has 0 bridgehead atoms. The lowest BCUT2D eigenvalue weighted by Gasteiger charge is -2.03. The van der Waals surface area contributed by atoms with Gasteiger partial charge in [-0.15, -0.1) is 0 Å². The van der Waals surface area contributed by atoms with Gasteiger partial charge in [0.25, 0.3) is 0 Å². The predicted octanol–water partition coefficient (Wildman–Crippen LogP) is 0.336. The van der Waals surface area contributed by atoms with Gasteiger partial charge in [0.2, 0.25) is 0 Å². The van der Waals surface area contributed by atoms with Gasteiger partial charge >= 0.3 is 0 Å². The number of nitrogens with two attached hydrogens (primary N) is 1. The molecule has 1 aromatic rings. The van der Waals surface area contributed by atoms with E-state index in [1.54, 1.807) is 6.20 Å². The molecule has 1 aromatic heterocycles. The fourth-order valence-electron chi connectivity index (χ4n) is 1.01. The highest BCUT2D eigenvalue weighted by molar-refractivity contribution is 4.91. The van der Waals surface area contributed by atoms with Crippen molar-refractivity contribution in [3.8, 4) is 0 Å². The molecular weight excluding hydrogens is 142 g/mol. The second kappa shape index (κ2) is 4.10. The van der Waals surface area contributed by atoms with E-state index in [9.17, 15) is 0 Å². The normalized spacial score (nSPS) is 10.4. The summed E-state index contributed by atoms with van der Waals surface area (Å²) < 4.78 is 2.03. The highest BCUT2D eigenvalue weighted by Gasteiger charge is 1.97. The number of nitrogens with zero attached hydrogens (tertiary/aromatic N) is 2. The number of imidazole rings is 1. The Balaban J connectivity index is 2.54. The van der Waals surface area contributed by atoms with Gasteiger partial charge in [-0.05, 0) is 0 Å². The molecule has 0 amide bonds. The van der Waals surface area contributed by atoms with Gasteiger partial charge in [-0.1, -0.05) is 6.92 Å². The Kier molecular flexibility index (Phi) is 3.07. The molecule has 0 unspecified atom stereocenters. The molecule has 0 spiro atoms. The van der Waals surface area contributed by atoms with Gasteiger partial charge in [-0.2, -0.15) is 0 Å². The van der Waals surface area contributed by atoms with Gasteiger partial charge in [0.05, 0.1) is 6.61 Å². The van der Waals surface area contributed by atoms with Crippen molar-refractivity contribution in [2.45, 2.75) is 19.9 Å². The number of rotatable bonds is 4. The third kappa shape index (κ3) is 2.03. The Morgan fingerprint density at radius 1 is 1.73 bits per heavy atom. The van der Waals surface area contributed by atoms with Crippen molar-refractivity contribution in [3.05, 3.63) is 18.2 Å². The standard InChI is InChI=1S/C7H13N3O/c1-2-7-9-3-4-10(7)5-6-11-8/h3-4H,2,5-6,8H2,1H3. The van der Waals surface area contributed by atoms with E-state index in [4.69, 9.17) is 5.90 Å². The van der Waals surface area contributed by atoms with Crippen LogP contribution in [-0.4, -0.2) is 16.2 Å². The van der Waals surface area contributed by atoms with Crippen LogP contribution in [0.15, 0.2) is 12.4 Å². The van der Waals surface area contributed by atoms with Crippen LogP contribution in [0.25, 0.3) is 0 Å². The smallest absolute Gasteiger partial charge is 0.108 e. The van der Waals surface area contributed by atoms with Crippen LogP contribution in [0.5, 0.6) is 0 Å². The van der Waals surface area contributed by atoms with E-state index >= 15 is 0 Å². The minimum Gasteiger partial charge on any atom is -0.333 e. The highest BCUT2D eigenvalue weighted by atomic mass is 16.6. The van der Waals surface area contributed by atoms with Crippen LogP contribution < -0.4 is 5.90 Å². The molecule has 1 heterocycles. The molecule has 4 heteroatoms. The van der Waals surface area contributed by atoms with Crippen molar-refractivity contribution < 1.29 is 4.84 Å². The van der Waals surface area contributed by atoms with Gasteiger partial charge in [-0.3, -0.25) is 0 Å². The molecule has 0 aromatic carbocycles. The molecule has 0 aliphatic rings. The average Bonchev–Trinajstić information content (AvgIpc) is 2.47. The largest absolute Gasteiger partial charge is 0.333 e. The van der Waals surface area contributed by atoms with Crippen LogP contribution in [0, 0.1) is 0 Å². The fraction of sp³-hybridized carbons (Fsp3) is 0.571. The first-order valence-electron chi connectivity index (χ1n) is 3.70. The zero-order valence-electron chi connectivity index (χ0n) is 6.66. The van der Waals surface area contributed by atoms with E-state index in [0.29, 0.717) is 6.61 Å². The molecule has 4 nitrogen and oxygen atoms in total. The number of hydrogen-bond acceptors (Lipinski definition) is 3. The number of hydrogen-bond donors (Lipinski definition) is 1. The molecule has 0 radical (unpaired) electrons. The maximum absolute atomic E-state index is 4.90. The Labute approximate surface area is 65.9 Å². The molecule has 2 N–H and O–H groups in total. The van der Waals surface area contributed by atoms with Crippen LogP contribution in [-0.2, 0) is 17.8 Å². The lowest BCUT2D eigenvalue weighted by Crippen LogP contribution is -2.10. The van der Waals surface area contributed by atoms with Crippen molar-refractivity contribution >= 4 is 0 Å². The van der Waals surface area contributed by atoms with Crippen molar-refractivity contribution in [1.29, 1.82) is 0 Å². The second-order valence-electron chi connectivity index (χ2n) is 2.26. The molecule has 0 saturated carbocycles. The molecule has 62 valence electrons. The van der Waals surface area contributed by atoms with E-state index in [1.165, 1.54) is 0 Å². The summed E-state index contributed by atoms with van der Waals surface area (Å²) in [6.07, 6.45) is 4.66. The van der Waals surface area contributed by atoms with Gasteiger partial charge in [-0.25, -0.2) is 10.9 Å². The molecule has 11 heavy (non-hydrogen) atoms. The van der Waals surface area contributed by atoms with Crippen molar-refractivity contribution in [3.63, 3.8) is 0 Å². The van der Waals surface area contributed by atoms with E-state index < -0.39 is 0 Å². The van der Waals surface area contributed by atoms with E-state index in [1.807, 2.05) is 10.8 Å². The summed E-state index contributed by atoms with van der Waals surface area (Å²) in [5.41, 5.74) is 0. The SMILES string of the molecule is CCc1nccn1CCON. The first kappa shape index (κ1) is 8.23. The third-order valence-corrected chi connectivity index (χ3v) is 1.57. The first-order chi connectivity index (χ1) is 5.38. The summed E-state index contributed by atoms with van der Waals surface area (Å²) in [5, 5.41) is 0. The van der Waals surface area contributed by atoms with Crippen molar-refractivity contribution in [1.82, 2.24) is 9.55 Å². The second-order valence-corrected chi connectivity index (χ2v) is 2.26. The van der Waals surface area contributed by atoms with Gasteiger partial charge in [0, 0.05) is 25.4 Å². The van der Waals surface area contributed by atoms with Crippen LogP contribution in [0.4, 0.5) is 0 Å². The minimum absolute atomic E-state index is 0.531. The zero-order chi connectivity index (χ0) is 8.10. The third-order valence-electron chi connectivity index (χ3n) is 1.57. The molecule has 1 rings (SSSR count). The summed E-state index contributed by atoms with van der Waals surface area (Å²) in [6.45, 7) is 3.38. The highest BCUT2D eigenvalue weighted by Crippen LogP contribution is 1.97. The monoisotopic (exact) mass is 155 g/mol. The number of aryl methyl sites for hydroxylation is 1. The van der Waals surface area contributed by atoms with Crippen LogP contribution in [0.1, 0.15) is 12.7 Å². The van der Waals surface area contributed by atoms with E-state index in [0.717, 1.165) is 18.8 Å². The predicted molar refractivity (Wildman–Crippen MR) is 41.7 cm³/mol. The quantitative estimate of drug-likeness (QED) is 0.638. The van der Waals surface area contributed by atoms with Crippen molar-refractivity contribution in [2.75, 3.05) is 6.61 Å². The van der Waals surface area contributed by atoms with Gasteiger partial charge < -0.3 is 9.40 Å². The fourth-order valence-corrected chi connectivity index (χ4v) is 1.01. The molecule has 0 aliphatic carbocycles. The number of aromatic nitrogens is 2. The Hall–Kier alpha value is -0.870. The summed E-state index contributed by atoms with van der Waals surface area (Å²) in [4.78, 5) is 8.62. The Morgan fingerprint density at radius 2 is 2.55 bits per heavy atom. The first-order valence-corrected chi connectivity index (χ1v) is 3.70. The molecular formula is C7H13N3O. The topological polar surface area (TPSA) is 53.1 Å². The Morgan fingerprint density at radius 3 is 3.18 bits per heavy atom. The maximum atomic E-state index is 4.90. The van der Waals surface area contributed by atoms with Crippen LogP contribution in [0.3, 0.4) is 0 Å². The summed E-state index contributed by atoms with van der Waals surface area (Å²) in [7, 11) is 0. The lowest BCUT2D eigenvalue weighted by molar-refractivity contribution is 0.129. The molecule has 0 atom stereocenters. The van der Waals surface area contributed by atoms with Crippen LogP contribution in [0.2, 0.25) is 0 Å². The average molecular weight is 155 g/mol. The summed E-state index contributed by atoms with van der Waals surface area (Å²) >= 11 is 0. The van der Waals surface area contributed by atoms with E-state index in [2.05, 4.69) is 16.7 Å². The zero-order valence-corrected chi connectivity index (χ0v) is 6.66. The molecule has 0 saturated heterocycles.